The number of rotatable bonds is 2. The summed E-state index contributed by atoms with van der Waals surface area (Å²) in [7, 11) is 2.11. The summed E-state index contributed by atoms with van der Waals surface area (Å²) in [5.74, 6) is 0. The van der Waals surface area contributed by atoms with E-state index in [1.165, 1.54) is 39.1 Å². The second kappa shape index (κ2) is 5.76. The molecule has 1 heteroatoms. The molecule has 0 aliphatic heterocycles. The molecule has 0 amide bonds. The zero-order chi connectivity index (χ0) is 15.7. The number of nitrogens with zero attached hydrogens (tertiary/aromatic N) is 1. The van der Waals surface area contributed by atoms with Crippen molar-refractivity contribution in [2.75, 3.05) is 0 Å². The van der Waals surface area contributed by atoms with Crippen molar-refractivity contribution in [1.82, 2.24) is 0 Å². The van der Waals surface area contributed by atoms with Crippen LogP contribution in [0, 0.1) is 20.8 Å². The molecule has 1 aromatic heterocycles. The number of hydrogen-bond donors (Lipinski definition) is 0. The van der Waals surface area contributed by atoms with Gasteiger partial charge in [-0.2, -0.15) is 0 Å². The minimum atomic E-state index is 1.25. The van der Waals surface area contributed by atoms with Gasteiger partial charge in [-0.05, 0) is 55.2 Å². The van der Waals surface area contributed by atoms with Crippen molar-refractivity contribution in [3.8, 4) is 22.4 Å². The van der Waals surface area contributed by atoms with Gasteiger partial charge in [-0.3, -0.25) is 0 Å². The first kappa shape index (κ1) is 14.5. The maximum Gasteiger partial charge on any atom is 0.212 e. The Labute approximate surface area is 132 Å². The van der Waals surface area contributed by atoms with Gasteiger partial charge in [0.05, 0.1) is 0 Å². The van der Waals surface area contributed by atoms with Gasteiger partial charge < -0.3 is 0 Å². The van der Waals surface area contributed by atoms with E-state index >= 15 is 0 Å². The predicted molar refractivity (Wildman–Crippen MR) is 92.7 cm³/mol. The number of hydrogen-bond acceptors (Lipinski definition) is 0. The standard InChI is InChI=1S/C21H22N/c1-15-10-11-21(22(4)14-15)20-13-19(16(2)12-17(20)3)18-8-6-5-7-9-18/h5-14H,1-4H3/q+1. The number of pyridine rings is 1. The molecular formula is C21H22N+. The monoisotopic (exact) mass is 288 g/mol. The zero-order valence-electron chi connectivity index (χ0n) is 13.7. The topological polar surface area (TPSA) is 3.88 Å². The number of aromatic nitrogens is 1. The Bertz CT molecular complexity index is 817. The highest BCUT2D eigenvalue weighted by molar-refractivity contribution is 5.75. The SMILES string of the molecule is Cc1ccc(-c2cc(-c3ccccc3)c(C)cc2C)[n+](C)c1. The molecule has 1 nitrogen and oxygen atoms in total. The van der Waals surface area contributed by atoms with E-state index in [0.29, 0.717) is 0 Å². The van der Waals surface area contributed by atoms with Gasteiger partial charge in [-0.1, -0.05) is 36.4 Å². The third kappa shape index (κ3) is 2.67. The summed E-state index contributed by atoms with van der Waals surface area (Å²) in [4.78, 5) is 0. The molecule has 0 bridgehead atoms. The summed E-state index contributed by atoms with van der Waals surface area (Å²) in [6.45, 7) is 6.51. The summed E-state index contributed by atoms with van der Waals surface area (Å²) in [5, 5.41) is 0. The lowest BCUT2D eigenvalue weighted by atomic mass is 9.93. The Morgan fingerprint density at radius 2 is 1.41 bits per heavy atom. The lowest BCUT2D eigenvalue weighted by molar-refractivity contribution is -0.660. The van der Waals surface area contributed by atoms with Crippen molar-refractivity contribution in [2.24, 2.45) is 7.05 Å². The molecule has 22 heavy (non-hydrogen) atoms. The minimum Gasteiger partial charge on any atom is -0.201 e. The minimum absolute atomic E-state index is 1.25. The molecule has 3 rings (SSSR count). The highest BCUT2D eigenvalue weighted by Crippen LogP contribution is 2.30. The van der Waals surface area contributed by atoms with Crippen molar-refractivity contribution in [3.63, 3.8) is 0 Å². The fourth-order valence-corrected chi connectivity index (χ4v) is 3.08. The second-order valence-corrected chi connectivity index (χ2v) is 6.05. The molecule has 0 aliphatic carbocycles. The van der Waals surface area contributed by atoms with Crippen LogP contribution in [0.25, 0.3) is 22.4 Å². The molecule has 3 aromatic rings. The van der Waals surface area contributed by atoms with Gasteiger partial charge >= 0.3 is 0 Å². The average molecular weight is 288 g/mol. The Kier molecular flexibility index (Phi) is 3.81. The van der Waals surface area contributed by atoms with E-state index in [-0.39, 0.29) is 0 Å². The zero-order valence-corrected chi connectivity index (χ0v) is 13.7. The van der Waals surface area contributed by atoms with E-state index in [9.17, 15) is 0 Å². The molecule has 0 saturated heterocycles. The quantitative estimate of drug-likeness (QED) is 0.598. The average Bonchev–Trinajstić information content (AvgIpc) is 2.49. The Balaban J connectivity index is 2.21. The molecule has 110 valence electrons. The van der Waals surface area contributed by atoms with Crippen LogP contribution in [-0.4, -0.2) is 0 Å². The van der Waals surface area contributed by atoms with Gasteiger partial charge in [0.2, 0.25) is 5.69 Å². The van der Waals surface area contributed by atoms with Crippen molar-refractivity contribution in [2.45, 2.75) is 20.8 Å². The Hall–Kier alpha value is -2.41. The molecule has 2 aromatic carbocycles. The van der Waals surface area contributed by atoms with E-state index < -0.39 is 0 Å². The van der Waals surface area contributed by atoms with Gasteiger partial charge in [0.15, 0.2) is 6.20 Å². The fourth-order valence-electron chi connectivity index (χ4n) is 3.08. The maximum absolute atomic E-state index is 2.32. The van der Waals surface area contributed by atoms with Crippen molar-refractivity contribution in [3.05, 3.63) is 77.5 Å². The summed E-state index contributed by atoms with van der Waals surface area (Å²) in [6.07, 6.45) is 2.18. The van der Waals surface area contributed by atoms with Crippen LogP contribution in [0.1, 0.15) is 16.7 Å². The molecule has 0 aliphatic rings. The van der Waals surface area contributed by atoms with Crippen molar-refractivity contribution in [1.29, 1.82) is 0 Å². The van der Waals surface area contributed by atoms with Crippen LogP contribution in [0.4, 0.5) is 0 Å². The fraction of sp³-hybridized carbons (Fsp3) is 0.190. The van der Waals surface area contributed by atoms with E-state index in [2.05, 4.69) is 93.2 Å². The van der Waals surface area contributed by atoms with Gasteiger partial charge in [-0.25, -0.2) is 4.57 Å². The lowest BCUT2D eigenvalue weighted by Crippen LogP contribution is -2.31. The lowest BCUT2D eigenvalue weighted by Gasteiger charge is -2.12. The number of aryl methyl sites for hydroxylation is 4. The van der Waals surface area contributed by atoms with Crippen LogP contribution < -0.4 is 4.57 Å². The first-order valence-corrected chi connectivity index (χ1v) is 7.69. The van der Waals surface area contributed by atoms with Crippen molar-refractivity contribution >= 4 is 0 Å². The summed E-state index contributed by atoms with van der Waals surface area (Å²) < 4.78 is 2.21. The Morgan fingerprint density at radius 3 is 2.09 bits per heavy atom. The van der Waals surface area contributed by atoms with Crippen LogP contribution in [0.5, 0.6) is 0 Å². The predicted octanol–water partition coefficient (Wildman–Crippen LogP) is 4.77. The molecule has 0 N–H and O–H groups in total. The molecule has 0 spiro atoms. The van der Waals surface area contributed by atoms with Gasteiger partial charge in [0.25, 0.3) is 0 Å². The molecule has 0 fully saturated rings. The first-order valence-electron chi connectivity index (χ1n) is 7.69. The Morgan fingerprint density at radius 1 is 0.727 bits per heavy atom. The van der Waals surface area contributed by atoms with Crippen LogP contribution in [0.3, 0.4) is 0 Å². The third-order valence-electron chi connectivity index (χ3n) is 4.21. The molecule has 0 saturated carbocycles. The summed E-state index contributed by atoms with van der Waals surface area (Å²) in [6, 6.07) is 19.6. The van der Waals surface area contributed by atoms with Crippen LogP contribution in [0.15, 0.2) is 60.8 Å². The van der Waals surface area contributed by atoms with Crippen LogP contribution >= 0.6 is 0 Å². The normalized spacial score (nSPS) is 10.7. The maximum atomic E-state index is 2.32. The van der Waals surface area contributed by atoms with E-state index in [0.717, 1.165) is 0 Å². The van der Waals surface area contributed by atoms with Crippen LogP contribution in [-0.2, 0) is 7.05 Å². The largest absolute Gasteiger partial charge is 0.212 e. The number of benzene rings is 2. The van der Waals surface area contributed by atoms with Gasteiger partial charge in [0.1, 0.15) is 7.05 Å². The smallest absolute Gasteiger partial charge is 0.201 e. The molecule has 0 atom stereocenters. The van der Waals surface area contributed by atoms with Gasteiger partial charge in [-0.15, -0.1) is 0 Å². The molecular weight excluding hydrogens is 266 g/mol. The molecule has 0 unspecified atom stereocenters. The van der Waals surface area contributed by atoms with E-state index in [4.69, 9.17) is 0 Å². The second-order valence-electron chi connectivity index (χ2n) is 6.05. The molecule has 1 heterocycles. The van der Waals surface area contributed by atoms with Crippen molar-refractivity contribution < 1.29 is 4.57 Å². The first-order chi connectivity index (χ1) is 10.6. The highest BCUT2D eigenvalue weighted by atomic mass is 14.9. The van der Waals surface area contributed by atoms with E-state index in [1.807, 2.05) is 0 Å². The highest BCUT2D eigenvalue weighted by Gasteiger charge is 2.15. The van der Waals surface area contributed by atoms with E-state index in [1.54, 1.807) is 0 Å². The third-order valence-corrected chi connectivity index (χ3v) is 4.21. The summed E-state index contributed by atoms with van der Waals surface area (Å²) in [5.41, 5.74) is 9.04. The summed E-state index contributed by atoms with van der Waals surface area (Å²) >= 11 is 0. The van der Waals surface area contributed by atoms with Gasteiger partial charge in [0, 0.05) is 17.2 Å². The van der Waals surface area contributed by atoms with Crippen LogP contribution in [0.2, 0.25) is 0 Å². The molecule has 0 radical (unpaired) electrons.